The lowest BCUT2D eigenvalue weighted by Gasteiger charge is -2.32. The number of unbranched alkanes of at least 4 members (excludes halogenated alkanes) is 1. The molecule has 3 amide bonds. The van der Waals surface area contributed by atoms with E-state index in [0.29, 0.717) is 70.1 Å². The minimum absolute atomic E-state index is 0.0227. The van der Waals surface area contributed by atoms with E-state index in [-0.39, 0.29) is 62.7 Å². The van der Waals surface area contributed by atoms with Gasteiger partial charge in [-0.15, -0.1) is 0 Å². The Labute approximate surface area is 412 Å². The number of ketones is 3. The smallest absolute Gasteiger partial charge is 0.243 e. The quantitative estimate of drug-likeness (QED) is 0.0391. The van der Waals surface area contributed by atoms with Gasteiger partial charge in [0.1, 0.15) is 42.5 Å². The highest BCUT2D eigenvalue weighted by Gasteiger charge is 2.37. The molecule has 0 spiro atoms. The van der Waals surface area contributed by atoms with Gasteiger partial charge in [0.15, 0.2) is 11.6 Å². The highest BCUT2D eigenvalue weighted by Crippen LogP contribution is 2.41. The maximum absolute atomic E-state index is 15.0. The van der Waals surface area contributed by atoms with E-state index in [9.17, 15) is 28.8 Å². The number of Topliss-reactive ketones (excluding diaryl/α,β-unsaturated/α-hetero) is 3. The fraction of sp³-hybridized carbons (Fsp3) is 0.365. The van der Waals surface area contributed by atoms with Gasteiger partial charge in [-0.2, -0.15) is 5.10 Å². The van der Waals surface area contributed by atoms with E-state index in [1.807, 2.05) is 24.3 Å². The highest BCUT2D eigenvalue weighted by atomic mass is 35.5. The molecule has 6 rings (SSSR count). The maximum atomic E-state index is 15.0. The number of hydrogen-bond donors (Lipinski definition) is 7. The van der Waals surface area contributed by atoms with Crippen LogP contribution in [0.5, 0.6) is 11.5 Å². The number of carbonyl (C=O) groups excluding carboxylic acids is 6. The van der Waals surface area contributed by atoms with Gasteiger partial charge in [0, 0.05) is 72.9 Å². The second-order valence-electron chi connectivity index (χ2n) is 17.5. The number of rotatable bonds is 20. The van der Waals surface area contributed by atoms with E-state index in [1.165, 1.54) is 25.1 Å². The number of carbonyl (C=O) groups is 6. The number of nitrogens with zero attached hydrogens (tertiary/aromatic N) is 2. The average Bonchev–Trinajstić information content (AvgIpc) is 3.79. The molecule has 5 aromatic rings. The molecule has 0 unspecified atom stereocenters. The fourth-order valence-electron chi connectivity index (χ4n) is 8.51. The van der Waals surface area contributed by atoms with Crippen LogP contribution in [-0.2, 0) is 25.6 Å². The van der Waals surface area contributed by atoms with Gasteiger partial charge < -0.3 is 47.9 Å². The lowest BCUT2D eigenvalue weighted by atomic mass is 9.88. The molecule has 70 heavy (non-hydrogen) atoms. The Morgan fingerprint density at radius 3 is 2.09 bits per heavy atom. The number of hydrogen-bond acceptors (Lipinski definition) is 13. The monoisotopic (exact) mass is 975 g/mol. The van der Waals surface area contributed by atoms with Gasteiger partial charge in [-0.05, 0) is 85.0 Å². The summed E-state index contributed by atoms with van der Waals surface area (Å²) in [7, 11) is 1.52. The Morgan fingerprint density at radius 1 is 0.843 bits per heavy atom. The van der Waals surface area contributed by atoms with Gasteiger partial charge in [0.05, 0.1) is 17.9 Å². The zero-order valence-corrected chi connectivity index (χ0v) is 40.4. The van der Waals surface area contributed by atoms with Crippen LogP contribution in [0.3, 0.4) is 0 Å². The van der Waals surface area contributed by atoms with Crippen LogP contribution >= 0.6 is 11.6 Å². The molecule has 0 fully saturated rings. The summed E-state index contributed by atoms with van der Waals surface area (Å²) in [5, 5.41) is 12.5. The van der Waals surface area contributed by atoms with Crippen molar-refractivity contribution < 1.29 is 38.2 Å². The molecule has 18 heteroatoms. The van der Waals surface area contributed by atoms with Crippen LogP contribution in [0.25, 0.3) is 22.3 Å². The number of nitrogens with one attached hydrogen (secondary N) is 3. The van der Waals surface area contributed by atoms with Gasteiger partial charge >= 0.3 is 0 Å². The minimum atomic E-state index is -1.25. The lowest BCUT2D eigenvalue weighted by molar-refractivity contribution is -0.142. The number of likely N-dealkylation sites (N-methyl/N-ethyl adjacent to an activating group) is 1. The number of amides is 3. The number of aromatic nitrogens is 2. The van der Waals surface area contributed by atoms with Crippen molar-refractivity contribution in [2.24, 2.45) is 29.0 Å². The highest BCUT2D eigenvalue weighted by molar-refractivity contribution is 6.30. The summed E-state index contributed by atoms with van der Waals surface area (Å²) in [6, 6.07) is 21.3. The van der Waals surface area contributed by atoms with E-state index in [1.54, 1.807) is 67.6 Å². The zero-order valence-electron chi connectivity index (χ0n) is 39.7. The molecule has 1 aliphatic heterocycles. The number of aromatic amines is 1. The molecule has 1 aliphatic rings. The molecule has 0 aliphatic carbocycles. The fourth-order valence-corrected chi connectivity index (χ4v) is 8.63. The first-order chi connectivity index (χ1) is 33.6. The Hall–Kier alpha value is -6.92. The molecule has 4 bridgehead atoms. The van der Waals surface area contributed by atoms with E-state index in [2.05, 4.69) is 20.8 Å². The Balaban J connectivity index is 1.39. The third-order valence-corrected chi connectivity index (χ3v) is 12.6. The molecular weight excluding hydrogens is 914 g/mol. The number of fused-ring (bicyclic) bond motifs is 5. The summed E-state index contributed by atoms with van der Waals surface area (Å²) >= 11 is 6.09. The van der Waals surface area contributed by atoms with Crippen molar-refractivity contribution in [2.75, 3.05) is 45.6 Å². The van der Waals surface area contributed by atoms with E-state index >= 15 is 0 Å². The van der Waals surface area contributed by atoms with E-state index in [0.717, 1.165) is 11.1 Å². The minimum Gasteiger partial charge on any atom is -0.492 e. The van der Waals surface area contributed by atoms with Crippen molar-refractivity contribution in [3.8, 4) is 33.8 Å². The molecule has 1 aromatic heterocycles. The van der Waals surface area contributed by atoms with Gasteiger partial charge in [-0.1, -0.05) is 73.5 Å². The third kappa shape index (κ3) is 13.0. The van der Waals surface area contributed by atoms with Gasteiger partial charge in [-0.25, -0.2) is 0 Å². The Kier molecular flexibility index (Phi) is 18.4. The first-order valence-corrected chi connectivity index (χ1v) is 23.8. The Bertz CT molecular complexity index is 2660. The molecule has 0 radical (unpaired) electrons. The molecule has 17 nitrogen and oxygen atoms in total. The third-order valence-electron chi connectivity index (χ3n) is 12.3. The van der Waals surface area contributed by atoms with Crippen LogP contribution in [0, 0.1) is 11.8 Å². The number of anilines is 1. The van der Waals surface area contributed by atoms with Crippen molar-refractivity contribution in [3.05, 3.63) is 119 Å². The van der Waals surface area contributed by atoms with Crippen LogP contribution in [-0.4, -0.2) is 102 Å². The largest absolute Gasteiger partial charge is 0.492 e. The predicted molar refractivity (Wildman–Crippen MR) is 268 cm³/mol. The summed E-state index contributed by atoms with van der Waals surface area (Å²) < 4.78 is 12.3. The molecular formula is C52H62ClN9O8. The molecule has 370 valence electrons. The van der Waals surface area contributed by atoms with E-state index in [4.69, 9.17) is 44.0 Å². The lowest BCUT2D eigenvalue weighted by Crippen LogP contribution is -2.53. The van der Waals surface area contributed by atoms with Gasteiger partial charge in [0.2, 0.25) is 23.5 Å². The summed E-state index contributed by atoms with van der Waals surface area (Å²) in [5.41, 5.74) is 27.9. The van der Waals surface area contributed by atoms with Crippen molar-refractivity contribution in [3.63, 3.8) is 0 Å². The molecule has 2 heterocycles. The number of nitrogens with two attached hydrogens (primary N) is 4. The zero-order chi connectivity index (χ0) is 50.5. The molecule has 5 atom stereocenters. The normalized spacial score (nSPS) is 16.8. The number of nitrogen functional groups attached to an aromatic ring is 1. The van der Waals surface area contributed by atoms with Crippen molar-refractivity contribution >= 4 is 52.4 Å². The first-order valence-electron chi connectivity index (χ1n) is 23.4. The van der Waals surface area contributed by atoms with Crippen LogP contribution in [0.2, 0.25) is 5.02 Å². The van der Waals surface area contributed by atoms with Crippen molar-refractivity contribution in [2.45, 2.75) is 70.5 Å². The maximum Gasteiger partial charge on any atom is 0.243 e. The second-order valence-corrected chi connectivity index (χ2v) is 18.0. The van der Waals surface area contributed by atoms with Crippen LogP contribution in [0.15, 0.2) is 91.1 Å². The SMILES string of the molecule is C[C@@H]1CC(=O)[C@@H](N(C)C(=O)[C@H](CCCCN)CC(=O)c2ccc(-c3ccc(Cl)cc3)cc2)c2ccc(OCCN)c(c2)-c2cc(ccc2OCCN)C[C@@H](C(=O)N[C@@H](C)C(=O)c2[nH]ncc2N)NC1=O. The number of ether oxygens (including phenoxy) is 2. The second kappa shape index (κ2) is 24.6. The summed E-state index contributed by atoms with van der Waals surface area (Å²) in [5.74, 6) is -4.02. The van der Waals surface area contributed by atoms with Crippen LogP contribution in [0.4, 0.5) is 5.69 Å². The topological polar surface area (TPSA) is 281 Å². The average molecular weight is 977 g/mol. The van der Waals surface area contributed by atoms with Crippen molar-refractivity contribution in [1.29, 1.82) is 0 Å². The first kappa shape index (κ1) is 52.5. The van der Waals surface area contributed by atoms with E-state index < -0.39 is 59.2 Å². The summed E-state index contributed by atoms with van der Waals surface area (Å²) in [4.78, 5) is 86.7. The van der Waals surface area contributed by atoms with Gasteiger partial charge in [0.25, 0.3) is 0 Å². The number of benzene rings is 4. The number of H-pyrrole nitrogens is 1. The molecule has 0 saturated carbocycles. The predicted octanol–water partition coefficient (Wildman–Crippen LogP) is 5.20. The molecule has 4 aromatic carbocycles. The van der Waals surface area contributed by atoms with Gasteiger partial charge in [-0.3, -0.25) is 33.9 Å². The molecule has 11 N–H and O–H groups in total. The van der Waals surface area contributed by atoms with Crippen LogP contribution < -0.4 is 43.0 Å². The molecule has 0 saturated heterocycles. The van der Waals surface area contributed by atoms with Crippen molar-refractivity contribution in [1.82, 2.24) is 25.7 Å². The number of halogens is 1. The Morgan fingerprint density at radius 2 is 1.47 bits per heavy atom. The summed E-state index contributed by atoms with van der Waals surface area (Å²) in [6.45, 7) is 4.10. The summed E-state index contributed by atoms with van der Waals surface area (Å²) in [6.07, 6.45) is 2.26. The standard InChI is InChI=1S/C52H62ClN9O8/c1-30-24-44(64)48(62(3)52(68)37(6-4-5-19-54)28-43(63)35-10-8-33(9-11-35)34-12-15-38(53)16-13-34)36-14-18-46(70-23-21-56)40(27-36)39-25-32(7-17-45(39)69-22-20-55)26-42(60-50(30)66)51(67)59-31(2)49(65)47-41(57)29-58-61-47/h7-18,25,27,29-31,37,42,48H,4-6,19-24,26,28,54-57H2,1-3H3,(H,58,61)(H,59,67)(H,60,66)/t30-,31+,37-,42+,48+/m1/s1. The van der Waals surface area contributed by atoms with Crippen LogP contribution in [0.1, 0.15) is 84.0 Å².